The highest BCUT2D eigenvalue weighted by atomic mass is 16.5. The summed E-state index contributed by atoms with van der Waals surface area (Å²) in [5.41, 5.74) is 2.50. The predicted molar refractivity (Wildman–Crippen MR) is 97.9 cm³/mol. The molecule has 1 aromatic heterocycles. The molecule has 1 aliphatic rings. The lowest BCUT2D eigenvalue weighted by atomic mass is 10.2. The normalized spacial score (nSPS) is 14.7. The van der Waals surface area contributed by atoms with Crippen LogP contribution < -0.4 is 9.47 Å². The molecule has 0 unspecified atom stereocenters. The number of H-pyrrole nitrogens is 1. The molecule has 1 saturated carbocycles. The lowest BCUT2D eigenvalue weighted by Crippen LogP contribution is -2.11. The summed E-state index contributed by atoms with van der Waals surface area (Å²) in [6, 6.07) is 10.6. The number of carbonyl (C=O) groups is 1. The molecule has 1 aliphatic carbocycles. The van der Waals surface area contributed by atoms with Crippen LogP contribution in [-0.2, 0) is 0 Å². The van der Waals surface area contributed by atoms with Gasteiger partial charge in [-0.2, -0.15) is 0 Å². The third kappa shape index (κ3) is 3.10. The van der Waals surface area contributed by atoms with Gasteiger partial charge in [0, 0.05) is 5.56 Å². The molecule has 134 valence electrons. The van der Waals surface area contributed by atoms with Gasteiger partial charge in [0.1, 0.15) is 5.82 Å². The van der Waals surface area contributed by atoms with Crippen molar-refractivity contribution < 1.29 is 19.4 Å². The zero-order valence-corrected chi connectivity index (χ0v) is 14.5. The van der Waals surface area contributed by atoms with Crippen LogP contribution in [0.3, 0.4) is 0 Å². The number of rotatable bonds is 5. The van der Waals surface area contributed by atoms with E-state index in [1.165, 1.54) is 12.8 Å². The van der Waals surface area contributed by atoms with E-state index >= 15 is 0 Å². The van der Waals surface area contributed by atoms with Crippen molar-refractivity contribution in [3.63, 3.8) is 0 Å². The SMILES string of the molecule is COc1ccc(-c2nc3cc(C(=O)O)ccc3[nH]2)cc1OC1CCCC1. The Morgan fingerprint density at radius 3 is 2.69 bits per heavy atom. The number of nitrogens with zero attached hydrogens (tertiary/aromatic N) is 1. The number of ether oxygens (including phenoxy) is 2. The Labute approximate surface area is 150 Å². The summed E-state index contributed by atoms with van der Waals surface area (Å²) < 4.78 is 11.6. The molecule has 1 fully saturated rings. The Balaban J connectivity index is 1.70. The van der Waals surface area contributed by atoms with Crippen LogP contribution in [0, 0.1) is 0 Å². The third-order valence-electron chi connectivity index (χ3n) is 4.76. The second kappa shape index (κ2) is 6.71. The van der Waals surface area contributed by atoms with Crippen molar-refractivity contribution >= 4 is 17.0 Å². The minimum absolute atomic E-state index is 0.218. The molecular weight excluding hydrogens is 332 g/mol. The van der Waals surface area contributed by atoms with E-state index in [1.54, 1.807) is 25.3 Å². The van der Waals surface area contributed by atoms with Gasteiger partial charge in [0.25, 0.3) is 0 Å². The van der Waals surface area contributed by atoms with E-state index in [0.717, 1.165) is 23.9 Å². The average Bonchev–Trinajstić information content (AvgIpc) is 3.30. The van der Waals surface area contributed by atoms with Gasteiger partial charge in [-0.1, -0.05) is 0 Å². The number of aromatic carboxylic acids is 1. The van der Waals surface area contributed by atoms with Crippen molar-refractivity contribution in [3.05, 3.63) is 42.0 Å². The van der Waals surface area contributed by atoms with Crippen LogP contribution in [0.1, 0.15) is 36.0 Å². The molecule has 6 heteroatoms. The summed E-state index contributed by atoms with van der Waals surface area (Å²) in [6.45, 7) is 0. The summed E-state index contributed by atoms with van der Waals surface area (Å²) in [4.78, 5) is 18.9. The van der Waals surface area contributed by atoms with Crippen LogP contribution in [-0.4, -0.2) is 34.3 Å². The number of nitrogens with one attached hydrogen (secondary N) is 1. The number of fused-ring (bicyclic) bond motifs is 1. The van der Waals surface area contributed by atoms with Gasteiger partial charge in [-0.15, -0.1) is 0 Å². The molecule has 0 amide bonds. The van der Waals surface area contributed by atoms with Crippen LogP contribution in [0.5, 0.6) is 11.5 Å². The Bertz CT molecular complexity index is 958. The van der Waals surface area contributed by atoms with Crippen LogP contribution in [0.4, 0.5) is 0 Å². The third-order valence-corrected chi connectivity index (χ3v) is 4.76. The highest BCUT2D eigenvalue weighted by molar-refractivity contribution is 5.93. The Kier molecular flexibility index (Phi) is 4.24. The van der Waals surface area contributed by atoms with E-state index in [4.69, 9.17) is 14.6 Å². The summed E-state index contributed by atoms with van der Waals surface area (Å²) >= 11 is 0. The summed E-state index contributed by atoms with van der Waals surface area (Å²) in [5, 5.41) is 9.13. The first-order chi connectivity index (χ1) is 12.6. The molecule has 0 spiro atoms. The molecule has 0 atom stereocenters. The lowest BCUT2D eigenvalue weighted by Gasteiger charge is -2.16. The summed E-state index contributed by atoms with van der Waals surface area (Å²) in [5.74, 6) is 1.11. The quantitative estimate of drug-likeness (QED) is 0.717. The average molecular weight is 352 g/mol. The van der Waals surface area contributed by atoms with Gasteiger partial charge in [-0.3, -0.25) is 0 Å². The number of carboxylic acids is 1. The molecular formula is C20H20N2O4. The van der Waals surface area contributed by atoms with Gasteiger partial charge in [0.15, 0.2) is 11.5 Å². The molecule has 26 heavy (non-hydrogen) atoms. The van der Waals surface area contributed by atoms with E-state index in [2.05, 4.69) is 9.97 Å². The molecule has 2 N–H and O–H groups in total. The highest BCUT2D eigenvalue weighted by Crippen LogP contribution is 2.35. The molecule has 0 bridgehead atoms. The van der Waals surface area contributed by atoms with E-state index < -0.39 is 5.97 Å². The number of aromatic nitrogens is 2. The Hall–Kier alpha value is -3.02. The van der Waals surface area contributed by atoms with Gasteiger partial charge in [0.2, 0.25) is 0 Å². The first-order valence-corrected chi connectivity index (χ1v) is 8.72. The van der Waals surface area contributed by atoms with Crippen LogP contribution in [0.2, 0.25) is 0 Å². The molecule has 2 aromatic carbocycles. The smallest absolute Gasteiger partial charge is 0.335 e. The Morgan fingerprint density at radius 1 is 1.15 bits per heavy atom. The zero-order valence-electron chi connectivity index (χ0n) is 14.5. The van der Waals surface area contributed by atoms with Crippen molar-refractivity contribution in [1.29, 1.82) is 0 Å². The number of imidazole rings is 1. The standard InChI is InChI=1S/C20H20N2O4/c1-25-17-9-7-12(11-18(17)26-14-4-2-3-5-14)19-21-15-8-6-13(20(23)24)10-16(15)22-19/h6-11,14H,2-5H2,1H3,(H,21,22)(H,23,24). The lowest BCUT2D eigenvalue weighted by molar-refractivity contribution is 0.0697. The van der Waals surface area contributed by atoms with E-state index in [9.17, 15) is 4.79 Å². The van der Waals surface area contributed by atoms with Crippen molar-refractivity contribution in [2.45, 2.75) is 31.8 Å². The number of hydrogen-bond donors (Lipinski definition) is 2. The number of methoxy groups -OCH3 is 1. The van der Waals surface area contributed by atoms with Gasteiger partial charge in [0.05, 0.1) is 29.8 Å². The van der Waals surface area contributed by atoms with E-state index in [-0.39, 0.29) is 11.7 Å². The maximum absolute atomic E-state index is 11.1. The molecule has 0 aliphatic heterocycles. The highest BCUT2D eigenvalue weighted by Gasteiger charge is 2.19. The number of aromatic amines is 1. The maximum Gasteiger partial charge on any atom is 0.335 e. The number of carboxylic acid groups (broad SMARTS) is 1. The fourth-order valence-electron chi connectivity index (χ4n) is 3.38. The van der Waals surface area contributed by atoms with E-state index in [1.807, 2.05) is 18.2 Å². The fourth-order valence-corrected chi connectivity index (χ4v) is 3.38. The predicted octanol–water partition coefficient (Wildman–Crippen LogP) is 4.26. The second-order valence-electron chi connectivity index (χ2n) is 6.51. The van der Waals surface area contributed by atoms with Crippen molar-refractivity contribution in [2.24, 2.45) is 0 Å². The summed E-state index contributed by atoms with van der Waals surface area (Å²) in [6.07, 6.45) is 4.75. The minimum atomic E-state index is -0.965. The molecule has 1 heterocycles. The van der Waals surface area contributed by atoms with Crippen LogP contribution >= 0.6 is 0 Å². The fraction of sp³-hybridized carbons (Fsp3) is 0.300. The first-order valence-electron chi connectivity index (χ1n) is 8.72. The maximum atomic E-state index is 11.1. The van der Waals surface area contributed by atoms with Crippen molar-refractivity contribution in [2.75, 3.05) is 7.11 Å². The van der Waals surface area contributed by atoms with Gasteiger partial charge >= 0.3 is 5.97 Å². The van der Waals surface area contributed by atoms with E-state index in [0.29, 0.717) is 22.8 Å². The monoisotopic (exact) mass is 352 g/mol. The van der Waals surface area contributed by atoms with Crippen LogP contribution in [0.25, 0.3) is 22.4 Å². The molecule has 6 nitrogen and oxygen atoms in total. The largest absolute Gasteiger partial charge is 0.493 e. The van der Waals surface area contributed by atoms with Gasteiger partial charge < -0.3 is 19.6 Å². The molecule has 4 rings (SSSR count). The molecule has 0 saturated heterocycles. The molecule has 3 aromatic rings. The minimum Gasteiger partial charge on any atom is -0.493 e. The van der Waals surface area contributed by atoms with Crippen LogP contribution in [0.15, 0.2) is 36.4 Å². The molecule has 0 radical (unpaired) electrons. The Morgan fingerprint density at radius 2 is 1.96 bits per heavy atom. The zero-order chi connectivity index (χ0) is 18.1. The topological polar surface area (TPSA) is 84.4 Å². The van der Waals surface area contributed by atoms with Crippen molar-refractivity contribution in [3.8, 4) is 22.9 Å². The van der Waals surface area contributed by atoms with Gasteiger partial charge in [-0.25, -0.2) is 9.78 Å². The number of benzene rings is 2. The summed E-state index contributed by atoms with van der Waals surface area (Å²) in [7, 11) is 1.63. The second-order valence-corrected chi connectivity index (χ2v) is 6.51. The van der Waals surface area contributed by atoms with Gasteiger partial charge in [-0.05, 0) is 62.1 Å². The number of hydrogen-bond acceptors (Lipinski definition) is 4. The first kappa shape index (κ1) is 16.4. The van der Waals surface area contributed by atoms with Crippen molar-refractivity contribution in [1.82, 2.24) is 9.97 Å².